The maximum Gasteiger partial charge on any atom is 0.114 e. The highest BCUT2D eigenvalue weighted by molar-refractivity contribution is 6.34. The van der Waals surface area contributed by atoms with Gasteiger partial charge in [-0.05, 0) is 61.1 Å². The van der Waals surface area contributed by atoms with E-state index in [1.165, 1.54) is 49.7 Å². The lowest BCUT2D eigenvalue weighted by Gasteiger charge is -2.21. The third kappa shape index (κ3) is 1.30. The van der Waals surface area contributed by atoms with Crippen molar-refractivity contribution in [1.29, 1.82) is 0 Å². The molecule has 1 aromatic rings. The first-order valence-electron chi connectivity index (χ1n) is 6.65. The molecular formula is C15H19B. The second kappa shape index (κ2) is 3.65. The molecule has 2 aliphatic carbocycles. The van der Waals surface area contributed by atoms with Gasteiger partial charge in [0.2, 0.25) is 0 Å². The molecule has 0 saturated heterocycles. The molecule has 0 amide bonds. The Morgan fingerprint density at radius 3 is 1.69 bits per heavy atom. The van der Waals surface area contributed by atoms with E-state index in [2.05, 4.69) is 13.8 Å². The molecule has 0 aliphatic heterocycles. The molecule has 1 aromatic carbocycles. The minimum absolute atomic E-state index is 0.666. The largest absolute Gasteiger partial charge is 0.114 e. The molecule has 16 heavy (non-hydrogen) atoms. The van der Waals surface area contributed by atoms with E-state index in [9.17, 15) is 0 Å². The Labute approximate surface area is 99.9 Å². The first-order valence-corrected chi connectivity index (χ1v) is 6.65. The normalized spacial score (nSPS) is 17.9. The van der Waals surface area contributed by atoms with Gasteiger partial charge in [0, 0.05) is 0 Å². The molecule has 3 rings (SSSR count). The van der Waals surface area contributed by atoms with Crippen molar-refractivity contribution in [2.75, 3.05) is 0 Å². The molecule has 0 spiro atoms. The van der Waals surface area contributed by atoms with Crippen LogP contribution >= 0.6 is 0 Å². The van der Waals surface area contributed by atoms with Gasteiger partial charge in [-0.25, -0.2) is 0 Å². The maximum absolute atomic E-state index is 6.36. The van der Waals surface area contributed by atoms with Gasteiger partial charge in [-0.3, -0.25) is 0 Å². The van der Waals surface area contributed by atoms with Gasteiger partial charge in [-0.1, -0.05) is 30.4 Å². The van der Waals surface area contributed by atoms with Gasteiger partial charge in [-0.15, -0.1) is 0 Å². The predicted octanol–water partition coefficient (Wildman–Crippen LogP) is 2.58. The van der Waals surface area contributed by atoms with E-state index >= 15 is 0 Å². The Kier molecular flexibility index (Phi) is 2.38. The van der Waals surface area contributed by atoms with Crippen molar-refractivity contribution in [1.82, 2.24) is 0 Å². The van der Waals surface area contributed by atoms with Gasteiger partial charge in [0.15, 0.2) is 0 Å². The van der Waals surface area contributed by atoms with E-state index in [4.69, 9.17) is 7.85 Å². The van der Waals surface area contributed by atoms with E-state index in [1.807, 2.05) is 0 Å². The van der Waals surface area contributed by atoms with Gasteiger partial charge in [-0.2, -0.15) is 0 Å². The summed E-state index contributed by atoms with van der Waals surface area (Å²) in [5.74, 6) is 0.666. The second-order valence-corrected chi connectivity index (χ2v) is 5.60. The number of fused-ring (bicyclic) bond motifs is 2. The highest BCUT2D eigenvalue weighted by Crippen LogP contribution is 2.37. The van der Waals surface area contributed by atoms with Crippen LogP contribution in [0.15, 0.2) is 0 Å². The van der Waals surface area contributed by atoms with Crippen LogP contribution in [0.25, 0.3) is 0 Å². The third-order valence-electron chi connectivity index (χ3n) is 4.31. The molecular weight excluding hydrogens is 191 g/mol. The minimum atomic E-state index is 0.666. The average molecular weight is 210 g/mol. The highest BCUT2D eigenvalue weighted by atomic mass is 14.3. The Morgan fingerprint density at radius 1 is 0.812 bits per heavy atom. The molecule has 2 radical (unpaired) electrons. The average Bonchev–Trinajstić information content (AvgIpc) is 2.84. The smallest absolute Gasteiger partial charge is 0.0898 e. The van der Waals surface area contributed by atoms with Gasteiger partial charge in [0.1, 0.15) is 7.85 Å². The van der Waals surface area contributed by atoms with Crippen LogP contribution in [0.5, 0.6) is 0 Å². The molecule has 0 heterocycles. The summed E-state index contributed by atoms with van der Waals surface area (Å²) in [6.07, 6.45) is 7.58. The summed E-state index contributed by atoms with van der Waals surface area (Å²) in [5.41, 5.74) is 9.06. The van der Waals surface area contributed by atoms with E-state index in [1.54, 1.807) is 16.7 Å². The summed E-state index contributed by atoms with van der Waals surface area (Å²) in [7, 11) is 6.36. The molecule has 0 fully saturated rings. The van der Waals surface area contributed by atoms with Crippen molar-refractivity contribution in [3.05, 3.63) is 27.8 Å². The molecule has 0 saturated carbocycles. The lowest BCUT2D eigenvalue weighted by atomic mass is 9.77. The van der Waals surface area contributed by atoms with Gasteiger partial charge in [0.25, 0.3) is 0 Å². The van der Waals surface area contributed by atoms with Crippen molar-refractivity contribution >= 4 is 13.3 Å². The number of hydrogen-bond acceptors (Lipinski definition) is 0. The van der Waals surface area contributed by atoms with Crippen LogP contribution in [0.3, 0.4) is 0 Å². The first-order chi connectivity index (χ1) is 7.70. The standard InChI is InChI=1S/C15H19B/c1-9(2)14-10-5-3-7-12(10)15(16)13-8-4-6-11(13)14/h9H,3-8H2,1-2H3. The van der Waals surface area contributed by atoms with E-state index in [0.29, 0.717) is 5.92 Å². The second-order valence-electron chi connectivity index (χ2n) is 5.60. The van der Waals surface area contributed by atoms with E-state index in [-0.39, 0.29) is 0 Å². The third-order valence-corrected chi connectivity index (χ3v) is 4.31. The molecule has 0 nitrogen and oxygen atoms in total. The van der Waals surface area contributed by atoms with Crippen molar-refractivity contribution in [2.45, 2.75) is 58.3 Å². The molecule has 2 aliphatic rings. The Morgan fingerprint density at radius 2 is 1.25 bits per heavy atom. The summed E-state index contributed by atoms with van der Waals surface area (Å²) < 4.78 is 0. The van der Waals surface area contributed by atoms with Crippen molar-refractivity contribution in [3.63, 3.8) is 0 Å². The van der Waals surface area contributed by atoms with Crippen LogP contribution in [-0.2, 0) is 25.7 Å². The SMILES string of the molecule is [B]c1c2c(c(C(C)C)c3c1CCC3)CCC2. The summed E-state index contributed by atoms with van der Waals surface area (Å²) in [6.45, 7) is 4.67. The Hall–Kier alpha value is -0.715. The quantitative estimate of drug-likeness (QED) is 0.625. The van der Waals surface area contributed by atoms with Crippen molar-refractivity contribution < 1.29 is 0 Å². The lowest BCUT2D eigenvalue weighted by molar-refractivity contribution is 0.816. The lowest BCUT2D eigenvalue weighted by Crippen LogP contribution is -2.19. The fraction of sp³-hybridized carbons (Fsp3) is 0.600. The minimum Gasteiger partial charge on any atom is -0.0898 e. The summed E-state index contributed by atoms with van der Waals surface area (Å²) >= 11 is 0. The van der Waals surface area contributed by atoms with Gasteiger partial charge < -0.3 is 0 Å². The van der Waals surface area contributed by atoms with Gasteiger partial charge >= 0.3 is 0 Å². The van der Waals surface area contributed by atoms with Crippen molar-refractivity contribution in [3.8, 4) is 0 Å². The van der Waals surface area contributed by atoms with E-state index in [0.717, 1.165) is 5.46 Å². The monoisotopic (exact) mass is 210 g/mol. The number of benzene rings is 1. The first kappa shape index (κ1) is 10.4. The predicted molar refractivity (Wildman–Crippen MR) is 70.0 cm³/mol. The van der Waals surface area contributed by atoms with E-state index < -0.39 is 0 Å². The van der Waals surface area contributed by atoms with Crippen LogP contribution < -0.4 is 5.46 Å². The molecule has 0 bridgehead atoms. The van der Waals surface area contributed by atoms with Crippen molar-refractivity contribution in [2.24, 2.45) is 0 Å². The Balaban J connectivity index is 2.31. The highest BCUT2D eigenvalue weighted by Gasteiger charge is 2.27. The van der Waals surface area contributed by atoms with Gasteiger partial charge in [0.05, 0.1) is 0 Å². The molecule has 0 aromatic heterocycles. The zero-order valence-corrected chi connectivity index (χ0v) is 10.4. The molecule has 1 heteroatoms. The number of rotatable bonds is 1. The maximum atomic E-state index is 6.36. The molecule has 0 atom stereocenters. The summed E-state index contributed by atoms with van der Waals surface area (Å²) in [5, 5.41) is 0. The van der Waals surface area contributed by atoms with Crippen LogP contribution in [0, 0.1) is 0 Å². The van der Waals surface area contributed by atoms with Crippen LogP contribution in [0.1, 0.15) is 60.4 Å². The fourth-order valence-electron chi connectivity index (χ4n) is 3.74. The van der Waals surface area contributed by atoms with Crippen LogP contribution in [0.2, 0.25) is 0 Å². The fourth-order valence-corrected chi connectivity index (χ4v) is 3.74. The topological polar surface area (TPSA) is 0 Å². The number of hydrogen-bond donors (Lipinski definition) is 0. The molecule has 82 valence electrons. The summed E-state index contributed by atoms with van der Waals surface area (Å²) in [6, 6.07) is 0. The zero-order valence-electron chi connectivity index (χ0n) is 10.4. The molecule has 0 unspecified atom stereocenters. The Bertz CT molecular complexity index is 408. The zero-order chi connectivity index (χ0) is 11.3. The van der Waals surface area contributed by atoms with Crippen LogP contribution in [-0.4, -0.2) is 7.85 Å². The summed E-state index contributed by atoms with van der Waals surface area (Å²) in [4.78, 5) is 0. The van der Waals surface area contributed by atoms with Crippen LogP contribution in [0.4, 0.5) is 0 Å². The molecule has 0 N–H and O–H groups in total.